The van der Waals surface area contributed by atoms with Gasteiger partial charge in [0, 0.05) is 35.4 Å². The fraction of sp³-hybridized carbons (Fsp3) is 0.316. The molecule has 1 aliphatic heterocycles. The highest BCUT2D eigenvalue weighted by molar-refractivity contribution is 7.92. The number of amides is 2. The molecule has 1 heterocycles. The number of nitrogens with zero attached hydrogens (tertiary/aromatic N) is 2. The topological polar surface area (TPSA) is 69.7 Å². The van der Waals surface area contributed by atoms with Gasteiger partial charge in [0.25, 0.3) is 10.0 Å². The largest absolute Gasteiger partial charge is 0.324 e. The molecule has 28 heavy (non-hydrogen) atoms. The van der Waals surface area contributed by atoms with Crippen molar-refractivity contribution >= 4 is 50.6 Å². The number of halogens is 2. The van der Waals surface area contributed by atoms with Crippen LogP contribution in [0.15, 0.2) is 47.4 Å². The third-order valence-corrected chi connectivity index (χ3v) is 6.28. The molecule has 0 spiro atoms. The maximum atomic E-state index is 12.6. The number of carbonyl (C=O) groups is 1. The third-order valence-electron chi connectivity index (χ3n) is 4.45. The average Bonchev–Trinajstić information content (AvgIpc) is 2.99. The average molecular weight is 442 g/mol. The molecule has 1 N–H and O–H groups in total. The van der Waals surface area contributed by atoms with Crippen LogP contribution in [0.3, 0.4) is 0 Å². The van der Waals surface area contributed by atoms with Gasteiger partial charge in [0.05, 0.1) is 10.6 Å². The molecule has 0 unspecified atom stereocenters. The van der Waals surface area contributed by atoms with Crippen molar-refractivity contribution in [3.63, 3.8) is 0 Å². The van der Waals surface area contributed by atoms with Crippen LogP contribution in [0, 0.1) is 0 Å². The van der Waals surface area contributed by atoms with Gasteiger partial charge in [0.1, 0.15) is 0 Å². The monoisotopic (exact) mass is 441 g/mol. The third kappa shape index (κ3) is 4.71. The summed E-state index contributed by atoms with van der Waals surface area (Å²) in [5, 5.41) is 0.668. The summed E-state index contributed by atoms with van der Waals surface area (Å²) in [7, 11) is -3.80. The molecule has 6 nitrogen and oxygen atoms in total. The number of hydrogen-bond donors (Lipinski definition) is 1. The van der Waals surface area contributed by atoms with E-state index in [1.807, 2.05) is 4.90 Å². The van der Waals surface area contributed by atoms with E-state index in [0.29, 0.717) is 28.8 Å². The molecular weight excluding hydrogens is 421 g/mol. The van der Waals surface area contributed by atoms with Crippen molar-refractivity contribution in [2.45, 2.75) is 24.7 Å². The first-order valence-corrected chi connectivity index (χ1v) is 11.2. The minimum atomic E-state index is -3.80. The lowest BCUT2D eigenvalue weighted by Gasteiger charge is -2.19. The molecule has 150 valence electrons. The van der Waals surface area contributed by atoms with Gasteiger partial charge in [-0.05, 0) is 48.9 Å². The Morgan fingerprint density at radius 2 is 1.68 bits per heavy atom. The molecule has 9 heteroatoms. The molecule has 0 saturated carbocycles. The van der Waals surface area contributed by atoms with Crippen molar-refractivity contribution in [3.05, 3.63) is 52.5 Å². The van der Waals surface area contributed by atoms with Crippen LogP contribution in [-0.2, 0) is 10.0 Å². The molecule has 0 radical (unpaired) electrons. The molecule has 3 rings (SSSR count). The van der Waals surface area contributed by atoms with E-state index in [0.717, 1.165) is 19.4 Å². The zero-order valence-corrected chi connectivity index (χ0v) is 17.7. The summed E-state index contributed by atoms with van der Waals surface area (Å²) in [6.07, 6.45) is 2.00. The maximum Gasteiger partial charge on any atom is 0.324 e. The van der Waals surface area contributed by atoms with Crippen LogP contribution >= 0.6 is 23.2 Å². The zero-order chi connectivity index (χ0) is 20.3. The van der Waals surface area contributed by atoms with Gasteiger partial charge in [-0.25, -0.2) is 13.2 Å². The Kier molecular flexibility index (Phi) is 6.37. The number of urea groups is 1. The first-order chi connectivity index (χ1) is 13.3. The lowest BCUT2D eigenvalue weighted by atomic mass is 10.3. The summed E-state index contributed by atoms with van der Waals surface area (Å²) < 4.78 is 27.7. The first-order valence-electron chi connectivity index (χ1n) is 8.95. The van der Waals surface area contributed by atoms with Crippen LogP contribution in [0.25, 0.3) is 0 Å². The van der Waals surface area contributed by atoms with E-state index in [1.165, 1.54) is 30.3 Å². The molecule has 2 aromatic carbocycles. The van der Waals surface area contributed by atoms with Crippen molar-refractivity contribution in [3.8, 4) is 0 Å². The van der Waals surface area contributed by atoms with Crippen LogP contribution in [0.5, 0.6) is 0 Å². The van der Waals surface area contributed by atoms with E-state index in [9.17, 15) is 13.2 Å². The summed E-state index contributed by atoms with van der Waals surface area (Å²) in [4.78, 5) is 16.1. The van der Waals surface area contributed by atoms with Gasteiger partial charge in [-0.3, -0.25) is 9.62 Å². The van der Waals surface area contributed by atoms with E-state index in [1.54, 1.807) is 17.0 Å². The van der Waals surface area contributed by atoms with Crippen LogP contribution in [-0.4, -0.2) is 39.0 Å². The number of anilines is 2. The van der Waals surface area contributed by atoms with Gasteiger partial charge in [-0.2, -0.15) is 0 Å². The molecule has 0 aromatic heterocycles. The Morgan fingerprint density at radius 3 is 2.29 bits per heavy atom. The number of sulfonamides is 1. The second kappa shape index (κ2) is 8.59. The van der Waals surface area contributed by atoms with Crippen molar-refractivity contribution in [2.75, 3.05) is 29.3 Å². The van der Waals surface area contributed by atoms with Gasteiger partial charge in [-0.15, -0.1) is 0 Å². The first kappa shape index (κ1) is 20.8. The second-order valence-corrected chi connectivity index (χ2v) is 9.09. The lowest BCUT2D eigenvalue weighted by Crippen LogP contribution is -2.32. The molecule has 0 atom stereocenters. The number of rotatable bonds is 7. The number of hydrogen-bond acceptors (Lipinski definition) is 3. The fourth-order valence-electron chi connectivity index (χ4n) is 3.01. The minimum Gasteiger partial charge on any atom is -0.323 e. The molecule has 1 fully saturated rings. The Hall–Kier alpha value is -1.96. The predicted octanol–water partition coefficient (Wildman–Crippen LogP) is 4.84. The molecule has 1 saturated heterocycles. The van der Waals surface area contributed by atoms with Crippen LogP contribution in [0.4, 0.5) is 16.2 Å². The molecular formula is C19H21Cl2N3O3S. The summed E-state index contributed by atoms with van der Waals surface area (Å²) in [6, 6.07) is 10.7. The number of carbonyl (C=O) groups excluding carboxylic acids is 1. The molecule has 1 aliphatic rings. The quantitative estimate of drug-likeness (QED) is 0.668. The predicted molar refractivity (Wildman–Crippen MR) is 113 cm³/mol. The molecule has 2 amide bonds. The highest BCUT2D eigenvalue weighted by atomic mass is 35.5. The molecule has 0 bridgehead atoms. The molecule has 2 aromatic rings. The smallest absolute Gasteiger partial charge is 0.323 e. The normalized spacial score (nSPS) is 14.6. The fourth-order valence-corrected chi connectivity index (χ4v) is 4.58. The van der Waals surface area contributed by atoms with E-state index < -0.39 is 10.0 Å². The second-order valence-electron chi connectivity index (χ2n) is 6.53. The summed E-state index contributed by atoms with van der Waals surface area (Å²) in [6.45, 7) is 4.09. The highest BCUT2D eigenvalue weighted by Gasteiger charge is 2.29. The van der Waals surface area contributed by atoms with Gasteiger partial charge >= 0.3 is 6.03 Å². The van der Waals surface area contributed by atoms with Crippen LogP contribution < -0.4 is 9.62 Å². The van der Waals surface area contributed by atoms with Gasteiger partial charge in [0.2, 0.25) is 0 Å². The van der Waals surface area contributed by atoms with Crippen molar-refractivity contribution < 1.29 is 13.2 Å². The van der Waals surface area contributed by atoms with Gasteiger partial charge < -0.3 is 4.90 Å². The lowest BCUT2D eigenvalue weighted by molar-refractivity contribution is 0.220. The standard InChI is InChI=1S/C19H21Cl2N3O3S/c1-2-3-8-23-9-10-24(19(23)25)17-4-6-18(7-5-17)28(26,27)22-16-12-14(20)11-15(21)13-16/h4-7,11-13,22H,2-3,8-10H2,1H3. The summed E-state index contributed by atoms with van der Waals surface area (Å²) in [5.41, 5.74) is 0.955. The highest BCUT2D eigenvalue weighted by Crippen LogP contribution is 2.26. The van der Waals surface area contributed by atoms with Gasteiger partial charge in [0.15, 0.2) is 0 Å². The SMILES string of the molecule is CCCCN1CCN(c2ccc(S(=O)(=O)Nc3cc(Cl)cc(Cl)c3)cc2)C1=O. The number of nitrogens with one attached hydrogen (secondary N) is 1. The number of benzene rings is 2. The van der Waals surface area contributed by atoms with E-state index in [2.05, 4.69) is 11.6 Å². The van der Waals surface area contributed by atoms with E-state index in [4.69, 9.17) is 23.2 Å². The Morgan fingerprint density at radius 1 is 1.04 bits per heavy atom. The minimum absolute atomic E-state index is 0.0456. The van der Waals surface area contributed by atoms with Gasteiger partial charge in [-0.1, -0.05) is 36.5 Å². The Labute approximate surface area is 175 Å². The summed E-state index contributed by atoms with van der Waals surface area (Å²) >= 11 is 11.8. The van der Waals surface area contributed by atoms with Crippen molar-refractivity contribution in [2.24, 2.45) is 0 Å². The Balaban J connectivity index is 1.74. The van der Waals surface area contributed by atoms with Crippen LogP contribution in [0.1, 0.15) is 19.8 Å². The van der Waals surface area contributed by atoms with Crippen molar-refractivity contribution in [1.29, 1.82) is 0 Å². The van der Waals surface area contributed by atoms with E-state index >= 15 is 0 Å². The van der Waals surface area contributed by atoms with E-state index in [-0.39, 0.29) is 16.6 Å². The van der Waals surface area contributed by atoms with Crippen molar-refractivity contribution in [1.82, 2.24) is 4.90 Å². The summed E-state index contributed by atoms with van der Waals surface area (Å²) in [5.74, 6) is 0. The molecule has 0 aliphatic carbocycles. The van der Waals surface area contributed by atoms with Crippen LogP contribution in [0.2, 0.25) is 10.0 Å². The Bertz CT molecular complexity index is 945. The number of unbranched alkanes of at least 4 members (excludes halogenated alkanes) is 1. The maximum absolute atomic E-state index is 12.6. The zero-order valence-electron chi connectivity index (χ0n) is 15.4.